The Labute approximate surface area is 169 Å². The van der Waals surface area contributed by atoms with Crippen LogP contribution in [0.25, 0.3) is 0 Å². The molecule has 2 aromatic rings. The highest BCUT2D eigenvalue weighted by atomic mass is 32.2. The van der Waals surface area contributed by atoms with Crippen LogP contribution in [0.2, 0.25) is 0 Å². The lowest BCUT2D eigenvalue weighted by Crippen LogP contribution is -2.25. The predicted octanol–water partition coefficient (Wildman–Crippen LogP) is 2.32. The predicted molar refractivity (Wildman–Crippen MR) is 104 cm³/mol. The fraction of sp³-hybridized carbons (Fsp3) is 0.250. The summed E-state index contributed by atoms with van der Waals surface area (Å²) in [6, 6.07) is 13.3. The Bertz CT molecular complexity index is 1010. The van der Waals surface area contributed by atoms with Crippen molar-refractivity contribution in [1.82, 2.24) is 4.72 Å². The van der Waals surface area contributed by atoms with Crippen LogP contribution >= 0.6 is 0 Å². The molecule has 0 aliphatic carbocycles. The zero-order valence-corrected chi connectivity index (χ0v) is 16.7. The third kappa shape index (κ3) is 5.88. The SMILES string of the molecule is COc1ccc(C(=O)[C@@H](C)OC(=O)c2ccc(S(=O)(=O)NCCC#N)cc2)cc1. The number of carbonyl (C=O) groups excluding carboxylic acids is 2. The maximum atomic E-state index is 12.4. The van der Waals surface area contributed by atoms with Crippen LogP contribution < -0.4 is 9.46 Å². The van der Waals surface area contributed by atoms with Gasteiger partial charge in [0.1, 0.15) is 5.75 Å². The van der Waals surface area contributed by atoms with Crippen molar-refractivity contribution >= 4 is 21.8 Å². The van der Waals surface area contributed by atoms with E-state index in [4.69, 9.17) is 14.7 Å². The number of nitrogens with one attached hydrogen (secondary N) is 1. The number of ketones is 1. The molecular weight excluding hydrogens is 396 g/mol. The van der Waals surface area contributed by atoms with E-state index in [9.17, 15) is 18.0 Å². The van der Waals surface area contributed by atoms with E-state index in [0.29, 0.717) is 11.3 Å². The largest absolute Gasteiger partial charge is 0.497 e. The molecule has 1 N–H and O–H groups in total. The lowest BCUT2D eigenvalue weighted by atomic mass is 10.1. The van der Waals surface area contributed by atoms with Crippen LogP contribution in [0.4, 0.5) is 0 Å². The molecule has 2 rings (SSSR count). The molecule has 2 aromatic carbocycles. The van der Waals surface area contributed by atoms with Crippen molar-refractivity contribution in [3.05, 3.63) is 59.7 Å². The Morgan fingerprint density at radius 3 is 2.21 bits per heavy atom. The van der Waals surface area contributed by atoms with Gasteiger partial charge in [-0.1, -0.05) is 0 Å². The van der Waals surface area contributed by atoms with Gasteiger partial charge in [0.05, 0.1) is 23.6 Å². The number of hydrogen-bond donors (Lipinski definition) is 1. The number of ether oxygens (including phenoxy) is 2. The Hall–Kier alpha value is -3.22. The lowest BCUT2D eigenvalue weighted by Gasteiger charge is -2.13. The molecule has 0 aliphatic heterocycles. The fourth-order valence-corrected chi connectivity index (χ4v) is 3.40. The number of benzene rings is 2. The first-order valence-corrected chi connectivity index (χ1v) is 10.1. The van der Waals surface area contributed by atoms with Crippen LogP contribution in [0.15, 0.2) is 53.4 Å². The van der Waals surface area contributed by atoms with E-state index in [1.54, 1.807) is 24.3 Å². The second-order valence-electron chi connectivity index (χ2n) is 5.97. The molecule has 0 aromatic heterocycles. The Balaban J connectivity index is 2.02. The van der Waals surface area contributed by atoms with E-state index >= 15 is 0 Å². The second kappa shape index (κ2) is 9.82. The second-order valence-corrected chi connectivity index (χ2v) is 7.74. The maximum Gasteiger partial charge on any atom is 0.338 e. The highest BCUT2D eigenvalue weighted by molar-refractivity contribution is 7.89. The molecule has 0 radical (unpaired) electrons. The van der Waals surface area contributed by atoms with Gasteiger partial charge in [-0.3, -0.25) is 4.79 Å². The number of rotatable bonds is 9. The topological polar surface area (TPSA) is 123 Å². The van der Waals surface area contributed by atoms with Crippen LogP contribution in [0.3, 0.4) is 0 Å². The smallest absolute Gasteiger partial charge is 0.338 e. The molecule has 0 heterocycles. The molecule has 0 fully saturated rings. The van der Waals surface area contributed by atoms with Crippen LogP contribution in [0.5, 0.6) is 5.75 Å². The summed E-state index contributed by atoms with van der Waals surface area (Å²) in [4.78, 5) is 24.6. The van der Waals surface area contributed by atoms with E-state index < -0.39 is 22.1 Å². The van der Waals surface area contributed by atoms with E-state index in [-0.39, 0.29) is 29.2 Å². The minimum Gasteiger partial charge on any atom is -0.497 e. The number of hydrogen-bond acceptors (Lipinski definition) is 7. The summed E-state index contributed by atoms with van der Waals surface area (Å²) < 4.78 is 36.6. The van der Waals surface area contributed by atoms with Crippen LogP contribution in [-0.2, 0) is 14.8 Å². The summed E-state index contributed by atoms with van der Waals surface area (Å²) in [6.45, 7) is 1.45. The molecule has 0 amide bonds. The molecule has 152 valence electrons. The van der Waals surface area contributed by atoms with E-state index in [2.05, 4.69) is 4.72 Å². The van der Waals surface area contributed by atoms with Crippen LogP contribution in [0, 0.1) is 11.3 Å². The number of nitriles is 1. The zero-order valence-electron chi connectivity index (χ0n) is 15.9. The monoisotopic (exact) mass is 416 g/mol. The van der Waals surface area contributed by atoms with E-state index in [1.807, 2.05) is 6.07 Å². The average molecular weight is 416 g/mol. The number of methoxy groups -OCH3 is 1. The standard InChI is InChI=1S/C20H20N2O6S/c1-14(19(23)15-4-8-17(27-2)9-5-15)28-20(24)16-6-10-18(11-7-16)29(25,26)22-13-3-12-21/h4-11,14,22H,3,13H2,1-2H3/t14-/m1/s1. The third-order valence-electron chi connectivity index (χ3n) is 3.96. The first-order chi connectivity index (χ1) is 13.8. The molecule has 0 unspecified atom stereocenters. The molecule has 0 aliphatic rings. The first kappa shape index (κ1) is 22.1. The van der Waals surface area contributed by atoms with Crippen LogP contribution in [-0.4, -0.2) is 39.9 Å². The average Bonchev–Trinajstić information content (AvgIpc) is 2.73. The molecule has 8 nitrogen and oxygen atoms in total. The van der Waals surface area contributed by atoms with Crippen molar-refractivity contribution in [2.75, 3.05) is 13.7 Å². The number of carbonyl (C=O) groups is 2. The molecule has 0 bridgehead atoms. The Morgan fingerprint density at radius 1 is 1.07 bits per heavy atom. The molecule has 0 saturated heterocycles. The van der Waals surface area contributed by atoms with E-state index in [0.717, 1.165) is 0 Å². The maximum absolute atomic E-state index is 12.4. The number of Topliss-reactive ketones (excluding diaryl/α,β-unsaturated/α-hetero) is 1. The molecular formula is C20H20N2O6S. The van der Waals surface area contributed by atoms with Crippen molar-refractivity contribution in [3.8, 4) is 11.8 Å². The van der Waals surface area contributed by atoms with Crippen molar-refractivity contribution in [2.24, 2.45) is 0 Å². The van der Waals surface area contributed by atoms with Gasteiger partial charge in [0.15, 0.2) is 6.10 Å². The van der Waals surface area contributed by atoms with Crippen LogP contribution in [0.1, 0.15) is 34.1 Å². The summed E-state index contributed by atoms with van der Waals surface area (Å²) in [6.07, 6.45) is -0.976. The highest BCUT2D eigenvalue weighted by Gasteiger charge is 2.21. The van der Waals surface area contributed by atoms with Gasteiger partial charge in [0.25, 0.3) is 0 Å². The molecule has 0 saturated carbocycles. The molecule has 0 spiro atoms. The number of esters is 1. The fourth-order valence-electron chi connectivity index (χ4n) is 2.37. The zero-order chi connectivity index (χ0) is 21.4. The molecule has 9 heteroatoms. The third-order valence-corrected chi connectivity index (χ3v) is 5.43. The number of sulfonamides is 1. The first-order valence-electron chi connectivity index (χ1n) is 8.64. The molecule has 1 atom stereocenters. The van der Waals surface area contributed by atoms with Gasteiger partial charge in [-0.25, -0.2) is 17.9 Å². The summed E-state index contributed by atoms with van der Waals surface area (Å²) in [7, 11) is -2.26. The summed E-state index contributed by atoms with van der Waals surface area (Å²) in [5, 5.41) is 8.47. The minimum absolute atomic E-state index is 0.00634. The normalized spacial score (nSPS) is 11.9. The van der Waals surface area contributed by atoms with Gasteiger partial charge >= 0.3 is 5.97 Å². The quantitative estimate of drug-likeness (QED) is 0.378. The summed E-state index contributed by atoms with van der Waals surface area (Å²) in [5.41, 5.74) is 0.478. The minimum atomic E-state index is -3.77. The lowest BCUT2D eigenvalue weighted by molar-refractivity contribution is 0.0318. The highest BCUT2D eigenvalue weighted by Crippen LogP contribution is 2.16. The van der Waals surface area contributed by atoms with Gasteiger partial charge in [0, 0.05) is 18.5 Å². The summed E-state index contributed by atoms with van der Waals surface area (Å²) in [5.74, 6) is -0.522. The van der Waals surface area contributed by atoms with Gasteiger partial charge in [0.2, 0.25) is 15.8 Å². The van der Waals surface area contributed by atoms with Crippen molar-refractivity contribution in [3.63, 3.8) is 0 Å². The van der Waals surface area contributed by atoms with Gasteiger partial charge in [-0.05, 0) is 55.5 Å². The van der Waals surface area contributed by atoms with E-state index in [1.165, 1.54) is 38.3 Å². The van der Waals surface area contributed by atoms with Crippen molar-refractivity contribution < 1.29 is 27.5 Å². The Morgan fingerprint density at radius 2 is 1.66 bits per heavy atom. The number of nitrogens with zero attached hydrogens (tertiary/aromatic N) is 1. The van der Waals surface area contributed by atoms with Crippen molar-refractivity contribution in [2.45, 2.75) is 24.3 Å². The summed E-state index contributed by atoms with van der Waals surface area (Å²) >= 11 is 0. The van der Waals surface area contributed by atoms with Gasteiger partial charge in [-0.2, -0.15) is 5.26 Å². The van der Waals surface area contributed by atoms with Crippen molar-refractivity contribution in [1.29, 1.82) is 5.26 Å². The molecule has 29 heavy (non-hydrogen) atoms. The Kier molecular flexibility index (Phi) is 7.47. The van der Waals surface area contributed by atoms with Gasteiger partial charge < -0.3 is 9.47 Å². The van der Waals surface area contributed by atoms with Gasteiger partial charge in [-0.15, -0.1) is 0 Å².